The summed E-state index contributed by atoms with van der Waals surface area (Å²) in [6, 6.07) is 15.0. The van der Waals surface area contributed by atoms with Crippen molar-refractivity contribution in [1.82, 2.24) is 4.90 Å². The fraction of sp³-hybridized carbons (Fsp3) is 0.200. The molecule has 1 saturated heterocycles. The number of sulfone groups is 1. The molecule has 1 aliphatic rings. The van der Waals surface area contributed by atoms with E-state index < -0.39 is 39.7 Å². The SMILES string of the molecule is CS(=O)(=O)c1ccccc1-c1ccc(NC(=O)C2CC(O)CN2C(=O)Nc2ccc(Cl)cc2)c(F)c1. The number of nitrogens with zero attached hydrogens (tertiary/aromatic N) is 1. The number of aliphatic hydroxyl groups excluding tert-OH is 1. The van der Waals surface area contributed by atoms with Crippen molar-refractivity contribution in [2.45, 2.75) is 23.5 Å². The van der Waals surface area contributed by atoms with Crippen LogP contribution >= 0.6 is 11.6 Å². The van der Waals surface area contributed by atoms with Gasteiger partial charge >= 0.3 is 6.03 Å². The van der Waals surface area contributed by atoms with Gasteiger partial charge in [-0.1, -0.05) is 35.9 Å². The summed E-state index contributed by atoms with van der Waals surface area (Å²) >= 11 is 5.85. The second kappa shape index (κ2) is 10.3. The van der Waals surface area contributed by atoms with Crippen molar-refractivity contribution in [2.75, 3.05) is 23.4 Å². The third kappa shape index (κ3) is 5.67. The quantitative estimate of drug-likeness (QED) is 0.457. The molecule has 0 aliphatic carbocycles. The second-order valence-corrected chi connectivity index (χ2v) is 10.9. The summed E-state index contributed by atoms with van der Waals surface area (Å²) in [5, 5.41) is 15.7. The number of urea groups is 1. The van der Waals surface area contributed by atoms with Crippen LogP contribution in [0.15, 0.2) is 71.6 Å². The molecule has 2 atom stereocenters. The van der Waals surface area contributed by atoms with E-state index >= 15 is 0 Å². The Labute approximate surface area is 212 Å². The molecule has 3 aromatic rings. The number of benzene rings is 3. The molecular formula is C25H23ClFN3O5S. The molecule has 0 saturated carbocycles. The molecule has 2 unspecified atom stereocenters. The molecule has 3 amide bonds. The molecule has 3 aromatic carbocycles. The molecule has 8 nitrogen and oxygen atoms in total. The molecule has 36 heavy (non-hydrogen) atoms. The standard InChI is InChI=1S/C25H23ClFN3O5S/c1-36(34,35)23-5-3-2-4-19(23)15-6-11-21(20(27)12-15)29-24(32)22-13-18(31)14-30(22)25(33)28-17-9-7-16(26)8-10-17/h2-12,18,22,31H,13-14H2,1H3,(H,28,33)(H,29,32). The number of likely N-dealkylation sites (tertiary alicyclic amines) is 1. The van der Waals surface area contributed by atoms with E-state index in [0.717, 1.165) is 12.3 Å². The lowest BCUT2D eigenvalue weighted by molar-refractivity contribution is -0.119. The van der Waals surface area contributed by atoms with E-state index in [1.54, 1.807) is 42.5 Å². The monoisotopic (exact) mass is 531 g/mol. The van der Waals surface area contributed by atoms with Crippen LogP contribution in [0.4, 0.5) is 20.6 Å². The average molecular weight is 532 g/mol. The summed E-state index contributed by atoms with van der Waals surface area (Å²) in [6.07, 6.45) is 0.139. The van der Waals surface area contributed by atoms with Crippen LogP contribution in [0.3, 0.4) is 0 Å². The van der Waals surface area contributed by atoms with Gasteiger partial charge in [-0.05, 0) is 48.0 Å². The number of rotatable bonds is 5. The molecule has 0 bridgehead atoms. The Kier molecular flexibility index (Phi) is 7.30. The highest BCUT2D eigenvalue weighted by molar-refractivity contribution is 7.90. The molecule has 0 radical (unpaired) electrons. The van der Waals surface area contributed by atoms with Crippen molar-refractivity contribution in [1.29, 1.82) is 0 Å². The molecular weight excluding hydrogens is 509 g/mol. The molecule has 0 aromatic heterocycles. The molecule has 11 heteroatoms. The minimum absolute atomic E-state index is 0.0126. The summed E-state index contributed by atoms with van der Waals surface area (Å²) in [5.74, 6) is -1.44. The number of β-amino-alcohol motifs (C(OH)–C–C–N with tert-alkyl or cyclic N) is 1. The Morgan fingerprint density at radius 3 is 2.42 bits per heavy atom. The Bertz CT molecular complexity index is 1420. The van der Waals surface area contributed by atoms with E-state index in [-0.39, 0.29) is 23.5 Å². The minimum Gasteiger partial charge on any atom is -0.391 e. The normalized spacial score (nSPS) is 17.6. The Hall–Kier alpha value is -3.47. The van der Waals surface area contributed by atoms with Gasteiger partial charge in [0, 0.05) is 35.5 Å². The Morgan fingerprint density at radius 2 is 1.75 bits per heavy atom. The Morgan fingerprint density at radius 1 is 1.06 bits per heavy atom. The lowest BCUT2D eigenvalue weighted by Gasteiger charge is -2.24. The van der Waals surface area contributed by atoms with E-state index in [9.17, 15) is 27.5 Å². The highest BCUT2D eigenvalue weighted by atomic mass is 35.5. The maximum Gasteiger partial charge on any atom is 0.322 e. The number of anilines is 2. The third-order valence-corrected chi connectivity index (χ3v) is 7.17. The number of amides is 3. The van der Waals surface area contributed by atoms with Gasteiger partial charge < -0.3 is 20.6 Å². The average Bonchev–Trinajstić information content (AvgIpc) is 3.23. The topological polar surface area (TPSA) is 116 Å². The fourth-order valence-corrected chi connectivity index (χ4v) is 5.08. The molecule has 0 spiro atoms. The first-order chi connectivity index (χ1) is 17.0. The molecule has 188 valence electrons. The van der Waals surface area contributed by atoms with E-state index in [2.05, 4.69) is 10.6 Å². The first-order valence-electron chi connectivity index (χ1n) is 10.9. The zero-order valence-corrected chi connectivity index (χ0v) is 20.7. The minimum atomic E-state index is -3.54. The van der Waals surface area contributed by atoms with Crippen molar-refractivity contribution >= 4 is 44.8 Å². The Balaban J connectivity index is 1.51. The predicted octanol–water partition coefficient (Wildman–Crippen LogP) is 4.16. The van der Waals surface area contributed by atoms with Gasteiger partial charge in [-0.2, -0.15) is 0 Å². The van der Waals surface area contributed by atoms with Gasteiger partial charge in [-0.15, -0.1) is 0 Å². The second-order valence-electron chi connectivity index (χ2n) is 8.45. The molecule has 1 heterocycles. The van der Waals surface area contributed by atoms with Crippen LogP contribution in [0.5, 0.6) is 0 Å². The van der Waals surface area contributed by atoms with Crippen LogP contribution in [0, 0.1) is 5.82 Å². The summed E-state index contributed by atoms with van der Waals surface area (Å²) in [5.41, 5.74) is 0.980. The van der Waals surface area contributed by atoms with E-state index in [4.69, 9.17) is 11.6 Å². The first-order valence-corrected chi connectivity index (χ1v) is 13.2. The van der Waals surface area contributed by atoms with E-state index in [0.29, 0.717) is 21.8 Å². The fourth-order valence-electron chi connectivity index (χ4n) is 4.04. The summed E-state index contributed by atoms with van der Waals surface area (Å²) in [7, 11) is -3.54. The van der Waals surface area contributed by atoms with Crippen LogP contribution in [0.1, 0.15) is 6.42 Å². The largest absolute Gasteiger partial charge is 0.391 e. The third-order valence-electron chi connectivity index (χ3n) is 5.76. The highest BCUT2D eigenvalue weighted by Crippen LogP contribution is 2.30. The van der Waals surface area contributed by atoms with Gasteiger partial charge in [-0.3, -0.25) is 4.79 Å². The number of nitrogens with one attached hydrogen (secondary N) is 2. The van der Waals surface area contributed by atoms with Crippen LogP contribution in [0.2, 0.25) is 5.02 Å². The zero-order valence-electron chi connectivity index (χ0n) is 19.1. The summed E-state index contributed by atoms with van der Waals surface area (Å²) in [6.45, 7) is -0.0682. The molecule has 4 rings (SSSR count). The number of halogens is 2. The lowest BCUT2D eigenvalue weighted by Crippen LogP contribution is -2.45. The van der Waals surface area contributed by atoms with Gasteiger partial charge in [0.2, 0.25) is 5.91 Å². The van der Waals surface area contributed by atoms with Gasteiger partial charge in [-0.25, -0.2) is 17.6 Å². The summed E-state index contributed by atoms with van der Waals surface area (Å²) in [4.78, 5) is 27.0. The molecule has 1 fully saturated rings. The maximum absolute atomic E-state index is 14.9. The maximum atomic E-state index is 14.9. The number of aliphatic hydroxyl groups is 1. The van der Waals surface area contributed by atoms with Crippen molar-refractivity contribution in [3.8, 4) is 11.1 Å². The number of hydrogen-bond donors (Lipinski definition) is 3. The van der Waals surface area contributed by atoms with Crippen LogP contribution < -0.4 is 10.6 Å². The van der Waals surface area contributed by atoms with E-state index in [1.807, 2.05) is 0 Å². The van der Waals surface area contributed by atoms with Gasteiger partial charge in [0.15, 0.2) is 9.84 Å². The van der Waals surface area contributed by atoms with Crippen molar-refractivity contribution < 1.29 is 27.5 Å². The highest BCUT2D eigenvalue weighted by Gasteiger charge is 2.39. The van der Waals surface area contributed by atoms with Crippen molar-refractivity contribution in [2.24, 2.45) is 0 Å². The van der Waals surface area contributed by atoms with Crippen LogP contribution in [-0.4, -0.2) is 55.3 Å². The predicted molar refractivity (Wildman–Crippen MR) is 135 cm³/mol. The van der Waals surface area contributed by atoms with E-state index in [1.165, 1.54) is 23.1 Å². The van der Waals surface area contributed by atoms with Crippen molar-refractivity contribution in [3.63, 3.8) is 0 Å². The van der Waals surface area contributed by atoms with Gasteiger partial charge in [0.25, 0.3) is 0 Å². The van der Waals surface area contributed by atoms with Crippen LogP contribution in [-0.2, 0) is 14.6 Å². The summed E-state index contributed by atoms with van der Waals surface area (Å²) < 4.78 is 39.1. The smallest absolute Gasteiger partial charge is 0.322 e. The number of hydrogen-bond acceptors (Lipinski definition) is 5. The lowest BCUT2D eigenvalue weighted by atomic mass is 10.0. The zero-order chi connectivity index (χ0) is 26.0. The first kappa shape index (κ1) is 25.6. The number of carbonyl (C=O) groups is 2. The molecule has 3 N–H and O–H groups in total. The number of carbonyl (C=O) groups excluding carboxylic acids is 2. The van der Waals surface area contributed by atoms with Gasteiger partial charge in [0.1, 0.15) is 11.9 Å². The van der Waals surface area contributed by atoms with Crippen molar-refractivity contribution in [3.05, 3.63) is 77.6 Å². The van der Waals surface area contributed by atoms with Gasteiger partial charge in [0.05, 0.1) is 16.7 Å². The molecule has 1 aliphatic heterocycles. The van der Waals surface area contributed by atoms with Crippen LogP contribution in [0.25, 0.3) is 11.1 Å².